The van der Waals surface area contributed by atoms with Crippen molar-refractivity contribution in [1.29, 1.82) is 0 Å². The third kappa shape index (κ3) is 3.75. The van der Waals surface area contributed by atoms with Crippen LogP contribution >= 0.6 is 11.3 Å². The Morgan fingerprint density at radius 2 is 2.04 bits per heavy atom. The highest BCUT2D eigenvalue weighted by Crippen LogP contribution is 2.43. The van der Waals surface area contributed by atoms with Crippen molar-refractivity contribution in [3.63, 3.8) is 0 Å². The molecule has 0 fully saturated rings. The van der Waals surface area contributed by atoms with E-state index in [-0.39, 0.29) is 17.9 Å². The van der Waals surface area contributed by atoms with Gasteiger partial charge in [-0.2, -0.15) is 18.3 Å². The fourth-order valence-corrected chi connectivity index (χ4v) is 3.90. The summed E-state index contributed by atoms with van der Waals surface area (Å²) in [7, 11) is 0. The van der Waals surface area contributed by atoms with Gasteiger partial charge in [-0.15, -0.1) is 11.3 Å². The van der Waals surface area contributed by atoms with Crippen LogP contribution in [0.1, 0.15) is 39.4 Å². The Hall–Kier alpha value is -2.81. The Morgan fingerprint density at radius 1 is 1.25 bits per heavy atom. The summed E-state index contributed by atoms with van der Waals surface area (Å²) in [6, 6.07) is 11.7. The predicted octanol–water partition coefficient (Wildman–Crippen LogP) is 4.53. The Labute approximate surface area is 163 Å². The van der Waals surface area contributed by atoms with Crippen LogP contribution in [0.4, 0.5) is 19.0 Å². The molecule has 1 aliphatic heterocycles. The summed E-state index contributed by atoms with van der Waals surface area (Å²) in [6.45, 7) is 0.307. The summed E-state index contributed by atoms with van der Waals surface area (Å²) in [5, 5.41) is 11.6. The fraction of sp³-hybridized carbons (Fsp3) is 0.263. The van der Waals surface area contributed by atoms with E-state index >= 15 is 0 Å². The van der Waals surface area contributed by atoms with Crippen molar-refractivity contribution < 1.29 is 18.0 Å². The number of rotatable bonds is 4. The molecule has 1 amide bonds. The number of aromatic nitrogens is 2. The van der Waals surface area contributed by atoms with Gasteiger partial charge in [-0.1, -0.05) is 36.4 Å². The number of carbonyl (C=O) groups is 1. The lowest BCUT2D eigenvalue weighted by Crippen LogP contribution is -2.35. The van der Waals surface area contributed by atoms with Crippen molar-refractivity contribution >= 4 is 23.1 Å². The van der Waals surface area contributed by atoms with E-state index in [1.54, 1.807) is 24.3 Å². The molecular weight excluding hydrogens is 389 g/mol. The number of carbonyl (C=O) groups excluding carboxylic acids is 1. The monoisotopic (exact) mass is 406 g/mol. The lowest BCUT2D eigenvalue weighted by molar-refractivity contribution is -0.173. The molecule has 0 saturated heterocycles. The van der Waals surface area contributed by atoms with Gasteiger partial charge in [-0.3, -0.25) is 4.79 Å². The topological polar surface area (TPSA) is 59.0 Å². The number of thiophene rings is 1. The molecule has 2 unspecified atom stereocenters. The molecule has 0 spiro atoms. The zero-order valence-corrected chi connectivity index (χ0v) is 15.4. The molecule has 9 heteroatoms. The number of nitrogens with zero attached hydrogens (tertiary/aromatic N) is 2. The molecule has 2 atom stereocenters. The van der Waals surface area contributed by atoms with Crippen molar-refractivity contribution in [1.82, 2.24) is 15.1 Å². The minimum Gasteiger partial charge on any atom is -0.363 e. The van der Waals surface area contributed by atoms with Gasteiger partial charge in [0, 0.05) is 17.4 Å². The Bertz CT molecular complexity index is 953. The maximum Gasteiger partial charge on any atom is 0.410 e. The highest BCUT2D eigenvalue weighted by molar-refractivity contribution is 7.09. The quantitative estimate of drug-likeness (QED) is 0.669. The minimum atomic E-state index is -4.47. The lowest BCUT2D eigenvalue weighted by Gasteiger charge is -2.33. The van der Waals surface area contributed by atoms with Crippen LogP contribution in [0.5, 0.6) is 0 Å². The first-order chi connectivity index (χ1) is 13.4. The van der Waals surface area contributed by atoms with Crippen LogP contribution in [0, 0.1) is 0 Å². The van der Waals surface area contributed by atoms with Crippen LogP contribution in [-0.2, 0) is 6.54 Å². The molecule has 3 aromatic rings. The first-order valence-electron chi connectivity index (χ1n) is 8.70. The van der Waals surface area contributed by atoms with E-state index in [0.717, 1.165) is 15.1 Å². The van der Waals surface area contributed by atoms with Gasteiger partial charge in [0.05, 0.1) is 12.6 Å². The molecule has 2 N–H and O–H groups in total. The average molecular weight is 406 g/mol. The molecule has 0 radical (unpaired) electrons. The maximum absolute atomic E-state index is 13.7. The van der Waals surface area contributed by atoms with E-state index < -0.39 is 24.2 Å². The first kappa shape index (κ1) is 18.5. The Morgan fingerprint density at radius 3 is 2.71 bits per heavy atom. The Kier molecular flexibility index (Phi) is 4.84. The standard InChI is InChI=1S/C19H17F3N4OS/c20-19(21,22)16-9-14(12-5-2-1-3-6-12)24-17-10-15(25-26(16)17)18(27)23-11-13-7-4-8-28-13/h1-8,10,14,16,24H,9,11H2,(H,23,27). The average Bonchev–Trinajstić information content (AvgIpc) is 3.34. The third-order valence-corrected chi connectivity index (χ3v) is 5.50. The van der Waals surface area contributed by atoms with E-state index in [1.807, 2.05) is 23.6 Å². The number of hydrogen-bond acceptors (Lipinski definition) is 4. The van der Waals surface area contributed by atoms with Crippen molar-refractivity contribution in [3.8, 4) is 0 Å². The van der Waals surface area contributed by atoms with Gasteiger partial charge >= 0.3 is 6.18 Å². The summed E-state index contributed by atoms with van der Waals surface area (Å²) >= 11 is 1.49. The predicted molar refractivity (Wildman–Crippen MR) is 100 cm³/mol. The van der Waals surface area contributed by atoms with Gasteiger partial charge in [0.1, 0.15) is 5.82 Å². The highest BCUT2D eigenvalue weighted by Gasteiger charge is 2.46. The summed E-state index contributed by atoms with van der Waals surface area (Å²) in [6.07, 6.45) is -4.67. The van der Waals surface area contributed by atoms with Crippen LogP contribution in [0.2, 0.25) is 0 Å². The van der Waals surface area contributed by atoms with Crippen LogP contribution in [-0.4, -0.2) is 21.9 Å². The van der Waals surface area contributed by atoms with E-state index in [9.17, 15) is 18.0 Å². The third-order valence-electron chi connectivity index (χ3n) is 4.63. The van der Waals surface area contributed by atoms with Gasteiger partial charge < -0.3 is 10.6 Å². The van der Waals surface area contributed by atoms with Gasteiger partial charge in [0.15, 0.2) is 11.7 Å². The summed E-state index contributed by atoms with van der Waals surface area (Å²) in [4.78, 5) is 13.3. The molecule has 0 saturated carbocycles. The second-order valence-electron chi connectivity index (χ2n) is 6.52. The molecule has 4 rings (SSSR count). The van der Waals surface area contributed by atoms with Crippen molar-refractivity contribution in [2.75, 3.05) is 5.32 Å². The van der Waals surface area contributed by atoms with E-state index in [2.05, 4.69) is 15.7 Å². The SMILES string of the molecule is O=C(NCc1cccs1)c1cc2n(n1)C(C(F)(F)F)CC(c1ccccc1)N2. The van der Waals surface area contributed by atoms with Crippen LogP contribution in [0.15, 0.2) is 53.9 Å². The lowest BCUT2D eigenvalue weighted by atomic mass is 9.97. The number of alkyl halides is 3. The van der Waals surface area contributed by atoms with Gasteiger partial charge in [-0.25, -0.2) is 4.68 Å². The molecule has 1 aliphatic rings. The molecule has 2 aromatic heterocycles. The van der Waals surface area contributed by atoms with Crippen molar-refractivity contribution in [3.05, 3.63) is 70.0 Å². The molecular formula is C19H17F3N4OS. The zero-order valence-electron chi connectivity index (χ0n) is 14.6. The van der Waals surface area contributed by atoms with Crippen LogP contribution in [0.3, 0.4) is 0 Å². The summed E-state index contributed by atoms with van der Waals surface area (Å²) < 4.78 is 41.9. The normalized spacial score (nSPS) is 19.0. The molecule has 28 heavy (non-hydrogen) atoms. The van der Waals surface area contributed by atoms with Crippen molar-refractivity contribution in [2.45, 2.75) is 31.2 Å². The zero-order chi connectivity index (χ0) is 19.7. The number of fused-ring (bicyclic) bond motifs is 1. The first-order valence-corrected chi connectivity index (χ1v) is 9.58. The molecule has 0 aliphatic carbocycles. The number of benzene rings is 1. The van der Waals surface area contributed by atoms with Gasteiger partial charge in [-0.05, 0) is 17.0 Å². The minimum absolute atomic E-state index is 0.0398. The van der Waals surface area contributed by atoms with Crippen molar-refractivity contribution in [2.24, 2.45) is 0 Å². The fourth-order valence-electron chi connectivity index (χ4n) is 3.26. The second kappa shape index (κ2) is 7.31. The van der Waals surface area contributed by atoms with E-state index in [0.29, 0.717) is 6.54 Å². The van der Waals surface area contributed by atoms with E-state index in [4.69, 9.17) is 0 Å². The molecule has 1 aromatic carbocycles. The molecule has 3 heterocycles. The van der Waals surface area contributed by atoms with Crippen LogP contribution < -0.4 is 10.6 Å². The second-order valence-corrected chi connectivity index (χ2v) is 7.55. The smallest absolute Gasteiger partial charge is 0.363 e. The Balaban J connectivity index is 1.59. The van der Waals surface area contributed by atoms with Gasteiger partial charge in [0.2, 0.25) is 0 Å². The molecule has 0 bridgehead atoms. The number of nitrogens with one attached hydrogen (secondary N) is 2. The van der Waals surface area contributed by atoms with E-state index in [1.165, 1.54) is 17.4 Å². The molecule has 5 nitrogen and oxygen atoms in total. The number of halogens is 3. The summed E-state index contributed by atoms with van der Waals surface area (Å²) in [5.41, 5.74) is 0.718. The maximum atomic E-state index is 13.7. The molecule has 146 valence electrons. The number of amides is 1. The summed E-state index contributed by atoms with van der Waals surface area (Å²) in [5.74, 6) is -0.321. The van der Waals surface area contributed by atoms with Gasteiger partial charge in [0.25, 0.3) is 5.91 Å². The highest BCUT2D eigenvalue weighted by atomic mass is 32.1. The number of hydrogen-bond donors (Lipinski definition) is 2. The number of anilines is 1. The van der Waals surface area contributed by atoms with Crippen LogP contribution in [0.25, 0.3) is 0 Å². The largest absolute Gasteiger partial charge is 0.410 e.